The number of nitrogens with two attached hydrogens (primary N) is 1. The number of benzene rings is 1. The van der Waals surface area contributed by atoms with Crippen molar-refractivity contribution in [3.05, 3.63) is 23.8 Å². The highest BCUT2D eigenvalue weighted by Gasteiger charge is 2.48. The van der Waals surface area contributed by atoms with Crippen LogP contribution in [0.2, 0.25) is 0 Å². The van der Waals surface area contributed by atoms with Gasteiger partial charge in [0.1, 0.15) is 0 Å². The van der Waals surface area contributed by atoms with E-state index in [4.69, 9.17) is 10.8 Å². The SMILES string of the molecule is N[C@H](c1cccc2c1OC(F)(F)O2)[C@@H](O)C(F)(F)F. The molecule has 0 saturated carbocycles. The van der Waals surface area contributed by atoms with Gasteiger partial charge in [0.15, 0.2) is 17.6 Å². The molecule has 0 bridgehead atoms. The Morgan fingerprint density at radius 1 is 1.21 bits per heavy atom. The molecule has 2 rings (SSSR count). The molecule has 0 amide bonds. The molecule has 0 unspecified atom stereocenters. The average Bonchev–Trinajstić information content (AvgIpc) is 2.59. The first-order chi connectivity index (χ1) is 8.62. The Kier molecular flexibility index (Phi) is 3.06. The minimum Gasteiger partial charge on any atom is -0.395 e. The maximum atomic E-state index is 12.8. The maximum Gasteiger partial charge on any atom is 0.586 e. The van der Waals surface area contributed by atoms with Gasteiger partial charge < -0.3 is 20.3 Å². The van der Waals surface area contributed by atoms with Gasteiger partial charge in [0.05, 0.1) is 6.04 Å². The van der Waals surface area contributed by atoms with Crippen LogP contribution in [-0.2, 0) is 0 Å². The molecule has 1 heterocycles. The first kappa shape index (κ1) is 13.8. The number of rotatable bonds is 2. The molecule has 0 spiro atoms. The molecule has 0 saturated heterocycles. The molecule has 0 aromatic heterocycles. The second kappa shape index (κ2) is 4.20. The van der Waals surface area contributed by atoms with E-state index >= 15 is 0 Å². The lowest BCUT2D eigenvalue weighted by Gasteiger charge is -2.22. The lowest BCUT2D eigenvalue weighted by molar-refractivity contribution is -0.287. The van der Waals surface area contributed by atoms with Crippen molar-refractivity contribution in [2.75, 3.05) is 0 Å². The molecule has 19 heavy (non-hydrogen) atoms. The molecule has 106 valence electrons. The van der Waals surface area contributed by atoms with Gasteiger partial charge in [-0.1, -0.05) is 12.1 Å². The first-order valence-electron chi connectivity index (χ1n) is 5.01. The van der Waals surface area contributed by atoms with E-state index in [1.54, 1.807) is 0 Å². The summed E-state index contributed by atoms with van der Waals surface area (Å²) in [5.41, 5.74) is 4.82. The van der Waals surface area contributed by atoms with E-state index in [1.807, 2.05) is 0 Å². The minimum atomic E-state index is -4.98. The fraction of sp³-hybridized carbons (Fsp3) is 0.400. The van der Waals surface area contributed by atoms with Gasteiger partial charge in [-0.15, -0.1) is 8.78 Å². The van der Waals surface area contributed by atoms with Crippen LogP contribution < -0.4 is 15.2 Å². The number of hydrogen-bond donors (Lipinski definition) is 2. The summed E-state index contributed by atoms with van der Waals surface area (Å²) >= 11 is 0. The van der Waals surface area contributed by atoms with Gasteiger partial charge in [0.2, 0.25) is 0 Å². The van der Waals surface area contributed by atoms with Crippen LogP contribution in [0.1, 0.15) is 11.6 Å². The van der Waals surface area contributed by atoms with E-state index in [0.29, 0.717) is 0 Å². The third-order valence-electron chi connectivity index (χ3n) is 2.49. The van der Waals surface area contributed by atoms with E-state index in [-0.39, 0.29) is 0 Å². The van der Waals surface area contributed by atoms with Gasteiger partial charge in [0.25, 0.3) is 0 Å². The number of fused-ring (bicyclic) bond motifs is 1. The Balaban J connectivity index is 2.36. The number of aliphatic hydroxyl groups is 1. The molecule has 1 aromatic rings. The van der Waals surface area contributed by atoms with Gasteiger partial charge in [-0.25, -0.2) is 0 Å². The van der Waals surface area contributed by atoms with Crippen molar-refractivity contribution in [1.29, 1.82) is 0 Å². The molecule has 1 aliphatic heterocycles. The maximum absolute atomic E-state index is 12.8. The molecule has 0 aliphatic carbocycles. The summed E-state index contributed by atoms with van der Waals surface area (Å²) in [6, 6.07) is 1.34. The molecule has 0 radical (unpaired) electrons. The van der Waals surface area contributed by atoms with Crippen LogP contribution in [0.5, 0.6) is 11.5 Å². The lowest BCUT2D eigenvalue weighted by Crippen LogP contribution is -2.39. The molecular formula is C10H8F5NO3. The Bertz CT molecular complexity index is 491. The van der Waals surface area contributed by atoms with Crippen LogP contribution in [-0.4, -0.2) is 23.7 Å². The van der Waals surface area contributed by atoms with E-state index in [0.717, 1.165) is 12.1 Å². The van der Waals surface area contributed by atoms with Gasteiger partial charge in [-0.05, 0) is 6.07 Å². The smallest absolute Gasteiger partial charge is 0.395 e. The van der Waals surface area contributed by atoms with E-state index in [1.165, 1.54) is 6.07 Å². The summed E-state index contributed by atoms with van der Waals surface area (Å²) in [6.07, 6.45) is -11.9. The predicted octanol–water partition coefficient (Wildman–Crippen LogP) is 1.93. The summed E-state index contributed by atoms with van der Waals surface area (Å²) in [6.45, 7) is 0. The number of halogens is 5. The van der Waals surface area contributed by atoms with Crippen LogP contribution in [0, 0.1) is 0 Å². The van der Waals surface area contributed by atoms with Crippen molar-refractivity contribution in [2.45, 2.75) is 24.6 Å². The number of alkyl halides is 5. The average molecular weight is 285 g/mol. The Morgan fingerprint density at radius 3 is 2.42 bits per heavy atom. The third kappa shape index (κ3) is 2.56. The fourth-order valence-corrected chi connectivity index (χ4v) is 1.63. The zero-order valence-electron chi connectivity index (χ0n) is 9.12. The summed E-state index contributed by atoms with van der Waals surface area (Å²) in [4.78, 5) is 0. The molecular weight excluding hydrogens is 277 g/mol. The van der Waals surface area contributed by atoms with Crippen molar-refractivity contribution in [3.63, 3.8) is 0 Å². The highest BCUT2D eigenvalue weighted by atomic mass is 19.4. The Hall–Kier alpha value is -1.61. The summed E-state index contributed by atoms with van der Waals surface area (Å²) in [5.74, 6) is -1.05. The first-order valence-corrected chi connectivity index (χ1v) is 5.01. The highest BCUT2D eigenvalue weighted by molar-refractivity contribution is 5.50. The van der Waals surface area contributed by atoms with Crippen LogP contribution in [0.15, 0.2) is 18.2 Å². The number of aliphatic hydroxyl groups excluding tert-OH is 1. The van der Waals surface area contributed by atoms with Crippen LogP contribution in [0.3, 0.4) is 0 Å². The summed E-state index contributed by atoms with van der Waals surface area (Å²) in [5, 5.41) is 9.04. The van der Waals surface area contributed by atoms with Crippen LogP contribution in [0.25, 0.3) is 0 Å². The molecule has 2 atom stereocenters. The van der Waals surface area contributed by atoms with Gasteiger partial charge in [-0.2, -0.15) is 13.2 Å². The van der Waals surface area contributed by atoms with Gasteiger partial charge >= 0.3 is 12.5 Å². The minimum absolute atomic E-state index is 0.417. The predicted molar refractivity (Wildman–Crippen MR) is 51.6 cm³/mol. The summed E-state index contributed by atoms with van der Waals surface area (Å²) in [7, 11) is 0. The highest BCUT2D eigenvalue weighted by Crippen LogP contribution is 2.46. The topological polar surface area (TPSA) is 64.7 Å². The molecule has 1 aromatic carbocycles. The van der Waals surface area contributed by atoms with Crippen molar-refractivity contribution in [1.82, 2.24) is 0 Å². The molecule has 9 heteroatoms. The Labute approximate surface area is 103 Å². The van der Waals surface area contributed by atoms with Crippen molar-refractivity contribution >= 4 is 0 Å². The monoisotopic (exact) mass is 285 g/mol. The van der Waals surface area contributed by atoms with Crippen molar-refractivity contribution < 1.29 is 36.5 Å². The quantitative estimate of drug-likeness (QED) is 0.815. The van der Waals surface area contributed by atoms with E-state index < -0.39 is 41.7 Å². The number of para-hydroxylation sites is 1. The van der Waals surface area contributed by atoms with Crippen LogP contribution >= 0.6 is 0 Å². The largest absolute Gasteiger partial charge is 0.586 e. The van der Waals surface area contributed by atoms with Gasteiger partial charge in [0, 0.05) is 5.56 Å². The van der Waals surface area contributed by atoms with E-state index in [9.17, 15) is 22.0 Å². The Morgan fingerprint density at radius 2 is 1.84 bits per heavy atom. The molecule has 0 fully saturated rings. The normalized spacial score (nSPS) is 20.2. The second-order valence-electron chi connectivity index (χ2n) is 3.85. The zero-order valence-corrected chi connectivity index (χ0v) is 9.12. The number of ether oxygens (including phenoxy) is 2. The standard InChI is InChI=1S/C10H8F5NO3/c11-9(12,13)8(17)6(16)4-2-1-3-5-7(4)19-10(14,15)18-5/h1-3,6,8,17H,16H2/t6-,8-/m1/s1. The van der Waals surface area contributed by atoms with Crippen molar-refractivity contribution in [2.24, 2.45) is 5.73 Å². The van der Waals surface area contributed by atoms with Crippen molar-refractivity contribution in [3.8, 4) is 11.5 Å². The second-order valence-corrected chi connectivity index (χ2v) is 3.85. The molecule has 1 aliphatic rings. The van der Waals surface area contributed by atoms with Crippen LogP contribution in [0.4, 0.5) is 22.0 Å². The molecule has 3 N–H and O–H groups in total. The van der Waals surface area contributed by atoms with Gasteiger partial charge in [-0.3, -0.25) is 0 Å². The summed E-state index contributed by atoms with van der Waals surface area (Å²) < 4.78 is 70.9. The molecule has 4 nitrogen and oxygen atoms in total. The third-order valence-corrected chi connectivity index (χ3v) is 2.49. The fourth-order valence-electron chi connectivity index (χ4n) is 1.63. The lowest BCUT2D eigenvalue weighted by atomic mass is 10.0. The van der Waals surface area contributed by atoms with E-state index in [2.05, 4.69) is 9.47 Å². The number of hydrogen-bond acceptors (Lipinski definition) is 4. The zero-order chi connectivity index (χ0) is 14.4.